The first-order chi connectivity index (χ1) is 13.0. The summed E-state index contributed by atoms with van der Waals surface area (Å²) in [4.78, 5) is 12.6. The highest BCUT2D eigenvalue weighted by Crippen LogP contribution is 2.38. The van der Waals surface area contributed by atoms with Gasteiger partial charge < -0.3 is 20.7 Å². The Morgan fingerprint density at radius 3 is 2.89 bits per heavy atom. The lowest BCUT2D eigenvalue weighted by molar-refractivity contribution is 0.0488. The minimum Gasteiger partial charge on any atom is -0.393 e. The van der Waals surface area contributed by atoms with Crippen LogP contribution in [0.2, 0.25) is 0 Å². The molecule has 4 N–H and O–H groups in total. The molecule has 8 nitrogen and oxygen atoms in total. The fourth-order valence-corrected chi connectivity index (χ4v) is 3.43. The lowest BCUT2D eigenvalue weighted by Gasteiger charge is -2.35. The van der Waals surface area contributed by atoms with Crippen LogP contribution >= 0.6 is 0 Å². The van der Waals surface area contributed by atoms with Crippen molar-refractivity contribution in [3.05, 3.63) is 41.7 Å². The highest BCUT2D eigenvalue weighted by atomic mass is 19.1. The topological polar surface area (TPSA) is 126 Å². The maximum atomic E-state index is 13.8. The van der Waals surface area contributed by atoms with Crippen LogP contribution in [0.15, 0.2) is 24.5 Å². The van der Waals surface area contributed by atoms with Gasteiger partial charge in [-0.3, -0.25) is 0 Å². The molecule has 138 valence electrons. The second-order valence-electron chi connectivity index (χ2n) is 6.71. The molecule has 2 aromatic heterocycles. The first-order valence-corrected chi connectivity index (χ1v) is 8.60. The quantitative estimate of drug-likeness (QED) is 0.646. The molecular weight excluding hydrogens is 349 g/mol. The average molecular weight is 367 g/mol. The number of anilines is 2. The van der Waals surface area contributed by atoms with Gasteiger partial charge in [0, 0.05) is 6.04 Å². The van der Waals surface area contributed by atoms with E-state index >= 15 is 0 Å². The second-order valence-corrected chi connectivity index (χ2v) is 6.71. The van der Waals surface area contributed by atoms with E-state index in [2.05, 4.69) is 20.3 Å². The summed E-state index contributed by atoms with van der Waals surface area (Å²) >= 11 is 0. The molecule has 0 spiro atoms. The molecule has 0 radical (unpaired) electrons. The number of rotatable bonds is 4. The molecule has 1 unspecified atom stereocenters. The van der Waals surface area contributed by atoms with Gasteiger partial charge >= 0.3 is 0 Å². The highest BCUT2D eigenvalue weighted by molar-refractivity contribution is 5.76. The van der Waals surface area contributed by atoms with Crippen molar-refractivity contribution in [2.45, 2.75) is 38.0 Å². The summed E-state index contributed by atoms with van der Waals surface area (Å²) in [6.45, 7) is 1.88. The summed E-state index contributed by atoms with van der Waals surface area (Å²) in [6, 6.07) is 6.16. The molecule has 0 saturated heterocycles. The van der Waals surface area contributed by atoms with Gasteiger partial charge in [-0.1, -0.05) is 0 Å². The summed E-state index contributed by atoms with van der Waals surface area (Å²) in [5.41, 5.74) is 7.26. The minimum absolute atomic E-state index is 0.0388. The molecule has 1 atom stereocenters. The number of fused-ring (bicyclic) bond motifs is 1. The third kappa shape index (κ3) is 2.94. The molecule has 3 aromatic rings. The summed E-state index contributed by atoms with van der Waals surface area (Å²) in [6.07, 6.45) is 2.10. The summed E-state index contributed by atoms with van der Waals surface area (Å²) in [5, 5.41) is 22.2. The largest absolute Gasteiger partial charge is 0.393 e. The molecular formula is C18H18FN7O. The van der Waals surface area contributed by atoms with Crippen molar-refractivity contribution in [2.24, 2.45) is 0 Å². The normalized spacial score (nSPS) is 20.1. The van der Waals surface area contributed by atoms with E-state index < -0.39 is 0 Å². The molecule has 27 heavy (non-hydrogen) atoms. The van der Waals surface area contributed by atoms with Crippen molar-refractivity contribution in [2.75, 3.05) is 11.1 Å². The number of aliphatic hydroxyl groups is 1. The van der Waals surface area contributed by atoms with Gasteiger partial charge in [0.05, 0.1) is 23.2 Å². The Kier molecular flexibility index (Phi) is 4.12. The maximum absolute atomic E-state index is 13.8. The molecule has 2 heterocycles. The van der Waals surface area contributed by atoms with E-state index in [4.69, 9.17) is 5.73 Å². The zero-order valence-electron chi connectivity index (χ0n) is 14.6. The van der Waals surface area contributed by atoms with Gasteiger partial charge in [0.25, 0.3) is 0 Å². The molecule has 1 aliphatic carbocycles. The van der Waals surface area contributed by atoms with E-state index in [0.717, 1.165) is 0 Å². The zero-order valence-corrected chi connectivity index (χ0v) is 14.6. The van der Waals surface area contributed by atoms with Gasteiger partial charge in [-0.15, -0.1) is 0 Å². The molecule has 9 heteroatoms. The second kappa shape index (κ2) is 6.48. The van der Waals surface area contributed by atoms with Crippen molar-refractivity contribution >= 4 is 22.7 Å². The zero-order chi connectivity index (χ0) is 19.1. The Balaban J connectivity index is 1.76. The number of nitrogens with two attached hydrogens (primary N) is 1. The number of nitrogens with zero attached hydrogens (tertiary/aromatic N) is 5. The van der Waals surface area contributed by atoms with Crippen LogP contribution in [-0.4, -0.2) is 30.7 Å². The Morgan fingerprint density at radius 2 is 2.19 bits per heavy atom. The molecule has 1 aliphatic rings. The van der Waals surface area contributed by atoms with Crippen LogP contribution in [0.4, 0.5) is 16.0 Å². The third-order valence-corrected chi connectivity index (χ3v) is 4.86. The van der Waals surface area contributed by atoms with Gasteiger partial charge in [0.1, 0.15) is 41.2 Å². The number of nitrogen functional groups attached to an aromatic ring is 1. The number of aromatic nitrogens is 4. The molecule has 0 aliphatic heterocycles. The molecule has 1 fully saturated rings. The van der Waals surface area contributed by atoms with Gasteiger partial charge in [-0.2, -0.15) is 5.26 Å². The molecule has 4 rings (SSSR count). The minimum atomic E-state index is -0.357. The highest BCUT2D eigenvalue weighted by Gasteiger charge is 2.33. The van der Waals surface area contributed by atoms with Gasteiger partial charge in [-0.25, -0.2) is 19.3 Å². The van der Waals surface area contributed by atoms with Crippen molar-refractivity contribution in [1.82, 2.24) is 19.5 Å². The number of imidazole rings is 1. The number of hydrogen-bond donors (Lipinski definition) is 3. The van der Waals surface area contributed by atoms with Crippen molar-refractivity contribution in [3.8, 4) is 6.07 Å². The van der Waals surface area contributed by atoms with E-state index in [0.29, 0.717) is 35.5 Å². The van der Waals surface area contributed by atoms with Crippen molar-refractivity contribution < 1.29 is 9.50 Å². The average Bonchev–Trinajstić information content (AvgIpc) is 2.97. The standard InChI is InChI=1S/C18H18FN7O/c1-9(24-17-13(7-20)16(21)22-8-23-17)18-25-14-3-2-10(19)4-15(14)26(18)11-5-12(27)6-11/h2-4,8-9,11-12,27H,5-6H2,1H3,(H3,21,22,23,24). The predicted octanol–water partition coefficient (Wildman–Crippen LogP) is 2.29. The van der Waals surface area contributed by atoms with E-state index in [9.17, 15) is 14.8 Å². The number of aliphatic hydroxyl groups excluding tert-OH is 1. The van der Waals surface area contributed by atoms with Crippen LogP contribution in [-0.2, 0) is 0 Å². The number of hydrogen-bond acceptors (Lipinski definition) is 7. The SMILES string of the molecule is CC(Nc1ncnc(N)c1C#N)c1nc2ccc(F)cc2n1C1CC(O)C1. The van der Waals surface area contributed by atoms with E-state index in [-0.39, 0.29) is 35.4 Å². The van der Waals surface area contributed by atoms with E-state index in [1.807, 2.05) is 17.6 Å². The first kappa shape index (κ1) is 17.2. The van der Waals surface area contributed by atoms with E-state index in [1.165, 1.54) is 18.5 Å². The summed E-state index contributed by atoms with van der Waals surface area (Å²) in [5.74, 6) is 0.746. The number of nitrogens with one attached hydrogen (secondary N) is 1. The van der Waals surface area contributed by atoms with Gasteiger partial charge in [0.2, 0.25) is 0 Å². The Morgan fingerprint density at radius 1 is 1.41 bits per heavy atom. The van der Waals surface area contributed by atoms with Gasteiger partial charge in [0.15, 0.2) is 0 Å². The Labute approximate surface area is 154 Å². The lowest BCUT2D eigenvalue weighted by atomic mass is 9.89. The Hall–Kier alpha value is -3.25. The van der Waals surface area contributed by atoms with E-state index in [1.54, 1.807) is 6.07 Å². The van der Waals surface area contributed by atoms with Crippen molar-refractivity contribution in [1.29, 1.82) is 5.26 Å². The molecule has 1 saturated carbocycles. The van der Waals surface area contributed by atoms with Crippen molar-refractivity contribution in [3.63, 3.8) is 0 Å². The number of benzene rings is 1. The molecule has 1 aromatic carbocycles. The smallest absolute Gasteiger partial charge is 0.150 e. The number of nitriles is 1. The lowest BCUT2D eigenvalue weighted by Crippen LogP contribution is -2.32. The molecule has 0 amide bonds. The molecule has 0 bridgehead atoms. The maximum Gasteiger partial charge on any atom is 0.150 e. The fraction of sp³-hybridized carbons (Fsp3) is 0.333. The predicted molar refractivity (Wildman–Crippen MR) is 97.2 cm³/mol. The monoisotopic (exact) mass is 367 g/mol. The first-order valence-electron chi connectivity index (χ1n) is 8.60. The van der Waals surface area contributed by atoms with Crippen LogP contribution in [0.5, 0.6) is 0 Å². The Bertz CT molecular complexity index is 1050. The summed E-state index contributed by atoms with van der Waals surface area (Å²) in [7, 11) is 0. The fourth-order valence-electron chi connectivity index (χ4n) is 3.43. The summed E-state index contributed by atoms with van der Waals surface area (Å²) < 4.78 is 15.8. The van der Waals surface area contributed by atoms with Crippen LogP contribution in [0, 0.1) is 17.1 Å². The van der Waals surface area contributed by atoms with Crippen LogP contribution in [0.1, 0.15) is 43.2 Å². The van der Waals surface area contributed by atoms with Crippen LogP contribution in [0.25, 0.3) is 11.0 Å². The van der Waals surface area contributed by atoms with Gasteiger partial charge in [-0.05, 0) is 38.0 Å². The van der Waals surface area contributed by atoms with Crippen LogP contribution in [0.3, 0.4) is 0 Å². The number of halogens is 1. The van der Waals surface area contributed by atoms with Crippen LogP contribution < -0.4 is 11.1 Å². The third-order valence-electron chi connectivity index (χ3n) is 4.86.